The molecule has 0 atom stereocenters. The molecular formula is C21H26BrNO2. The maximum Gasteiger partial charge on any atom is 0.176 e. The van der Waals surface area contributed by atoms with Crippen LogP contribution >= 0.6 is 15.9 Å². The van der Waals surface area contributed by atoms with Crippen LogP contribution < -0.4 is 9.47 Å². The number of piperidine rings is 1. The van der Waals surface area contributed by atoms with E-state index in [9.17, 15) is 0 Å². The van der Waals surface area contributed by atoms with Gasteiger partial charge in [-0.25, -0.2) is 0 Å². The summed E-state index contributed by atoms with van der Waals surface area (Å²) < 4.78 is 12.6. The second-order valence-corrected chi connectivity index (χ2v) is 7.60. The third-order valence-electron chi connectivity index (χ3n) is 4.86. The Kier molecular flexibility index (Phi) is 6.38. The highest BCUT2D eigenvalue weighted by molar-refractivity contribution is 9.10. The minimum absolute atomic E-state index is 0.528. The molecule has 1 fully saturated rings. The van der Waals surface area contributed by atoms with Gasteiger partial charge in [-0.2, -0.15) is 0 Å². The third-order valence-corrected chi connectivity index (χ3v) is 5.73. The number of likely N-dealkylation sites (tertiary alicyclic amines) is 1. The lowest BCUT2D eigenvalue weighted by Gasteiger charge is -2.30. The quantitative estimate of drug-likeness (QED) is 0.655. The second-order valence-electron chi connectivity index (χ2n) is 6.80. The highest BCUT2D eigenvalue weighted by atomic mass is 79.9. The molecule has 2 aromatic carbocycles. The van der Waals surface area contributed by atoms with E-state index in [1.807, 2.05) is 24.3 Å². The monoisotopic (exact) mass is 403 g/mol. The molecule has 25 heavy (non-hydrogen) atoms. The summed E-state index contributed by atoms with van der Waals surface area (Å²) in [6, 6.07) is 14.3. The average Bonchev–Trinajstić information content (AvgIpc) is 2.65. The van der Waals surface area contributed by atoms with E-state index >= 15 is 0 Å². The van der Waals surface area contributed by atoms with Crippen molar-refractivity contribution in [3.63, 3.8) is 0 Å². The zero-order valence-corrected chi connectivity index (χ0v) is 16.6. The van der Waals surface area contributed by atoms with Crippen LogP contribution in [0.4, 0.5) is 0 Å². The van der Waals surface area contributed by atoms with Gasteiger partial charge >= 0.3 is 0 Å². The van der Waals surface area contributed by atoms with E-state index in [-0.39, 0.29) is 0 Å². The van der Waals surface area contributed by atoms with Crippen LogP contribution in [-0.4, -0.2) is 25.1 Å². The molecule has 2 aromatic rings. The summed E-state index contributed by atoms with van der Waals surface area (Å²) in [5, 5.41) is 0. The molecule has 1 saturated heterocycles. The summed E-state index contributed by atoms with van der Waals surface area (Å²) in [6.07, 6.45) is 2.57. The van der Waals surface area contributed by atoms with Crippen molar-refractivity contribution in [3.8, 4) is 11.5 Å². The van der Waals surface area contributed by atoms with Crippen molar-refractivity contribution >= 4 is 15.9 Å². The Hall–Kier alpha value is -1.52. The van der Waals surface area contributed by atoms with E-state index in [1.54, 1.807) is 7.11 Å². The van der Waals surface area contributed by atoms with Gasteiger partial charge in [-0.05, 0) is 65.0 Å². The SMILES string of the molecule is COc1ccc(CN2CCC(C)CC2)c(Br)c1OCc1ccccc1. The van der Waals surface area contributed by atoms with Crippen molar-refractivity contribution in [1.29, 1.82) is 0 Å². The average molecular weight is 404 g/mol. The number of benzene rings is 2. The Morgan fingerprint density at radius 3 is 2.48 bits per heavy atom. The Morgan fingerprint density at radius 1 is 1.08 bits per heavy atom. The maximum atomic E-state index is 6.10. The Labute approximate surface area is 159 Å². The van der Waals surface area contributed by atoms with E-state index in [0.717, 1.165) is 34.0 Å². The summed E-state index contributed by atoms with van der Waals surface area (Å²) in [5.41, 5.74) is 2.39. The van der Waals surface area contributed by atoms with Crippen LogP contribution in [-0.2, 0) is 13.2 Å². The van der Waals surface area contributed by atoms with Gasteiger partial charge in [-0.15, -0.1) is 0 Å². The molecule has 0 N–H and O–H groups in total. The number of hydrogen-bond acceptors (Lipinski definition) is 3. The summed E-state index contributed by atoms with van der Waals surface area (Å²) in [6.45, 7) is 6.15. The lowest BCUT2D eigenvalue weighted by molar-refractivity contribution is 0.184. The molecular weight excluding hydrogens is 378 g/mol. The molecule has 1 aliphatic heterocycles. The highest BCUT2D eigenvalue weighted by Gasteiger charge is 2.19. The van der Waals surface area contributed by atoms with Gasteiger partial charge in [0.15, 0.2) is 11.5 Å². The van der Waals surface area contributed by atoms with Crippen LogP contribution in [0.25, 0.3) is 0 Å². The largest absolute Gasteiger partial charge is 0.493 e. The fourth-order valence-corrected chi connectivity index (χ4v) is 3.75. The van der Waals surface area contributed by atoms with Gasteiger partial charge in [0.25, 0.3) is 0 Å². The number of nitrogens with zero attached hydrogens (tertiary/aromatic N) is 1. The number of hydrogen-bond donors (Lipinski definition) is 0. The zero-order chi connectivity index (χ0) is 17.6. The van der Waals surface area contributed by atoms with Crippen LogP contribution in [0.2, 0.25) is 0 Å². The molecule has 0 unspecified atom stereocenters. The maximum absolute atomic E-state index is 6.10. The molecule has 0 spiro atoms. The number of ether oxygens (including phenoxy) is 2. The molecule has 1 heterocycles. The van der Waals surface area contributed by atoms with Crippen molar-refractivity contribution < 1.29 is 9.47 Å². The molecule has 134 valence electrons. The van der Waals surface area contributed by atoms with Gasteiger partial charge < -0.3 is 9.47 Å². The van der Waals surface area contributed by atoms with E-state index < -0.39 is 0 Å². The van der Waals surface area contributed by atoms with E-state index in [0.29, 0.717) is 6.61 Å². The molecule has 0 saturated carbocycles. The first-order chi connectivity index (χ1) is 12.2. The molecule has 0 aromatic heterocycles. The van der Waals surface area contributed by atoms with Gasteiger partial charge in [0.2, 0.25) is 0 Å². The number of methoxy groups -OCH3 is 1. The minimum Gasteiger partial charge on any atom is -0.493 e. The summed E-state index contributed by atoms with van der Waals surface area (Å²) in [5.74, 6) is 2.40. The first kappa shape index (κ1) is 18.3. The number of halogens is 1. The number of rotatable bonds is 6. The zero-order valence-electron chi connectivity index (χ0n) is 15.0. The highest BCUT2D eigenvalue weighted by Crippen LogP contribution is 2.39. The molecule has 0 amide bonds. The first-order valence-electron chi connectivity index (χ1n) is 8.92. The van der Waals surface area contributed by atoms with Gasteiger partial charge in [-0.3, -0.25) is 4.90 Å². The fraction of sp³-hybridized carbons (Fsp3) is 0.429. The summed E-state index contributed by atoms with van der Waals surface area (Å²) in [7, 11) is 1.68. The lowest BCUT2D eigenvalue weighted by atomic mass is 9.99. The molecule has 3 rings (SSSR count). The molecule has 1 aliphatic rings. The van der Waals surface area contributed by atoms with Crippen LogP contribution in [0.3, 0.4) is 0 Å². The normalized spacial score (nSPS) is 16.0. The predicted octanol–water partition coefficient (Wildman–Crippen LogP) is 5.27. The van der Waals surface area contributed by atoms with Crippen molar-refractivity contribution in [2.45, 2.75) is 32.9 Å². The van der Waals surface area contributed by atoms with Crippen LogP contribution in [0, 0.1) is 5.92 Å². The van der Waals surface area contributed by atoms with E-state index in [1.165, 1.54) is 31.5 Å². The van der Waals surface area contributed by atoms with Gasteiger partial charge in [0.05, 0.1) is 11.6 Å². The van der Waals surface area contributed by atoms with Crippen LogP contribution in [0.1, 0.15) is 30.9 Å². The van der Waals surface area contributed by atoms with Crippen molar-refractivity contribution in [1.82, 2.24) is 4.90 Å². The van der Waals surface area contributed by atoms with E-state index in [2.05, 4.69) is 46.0 Å². The Balaban J connectivity index is 1.74. The van der Waals surface area contributed by atoms with Gasteiger partial charge in [0, 0.05) is 6.54 Å². The molecule has 0 aliphatic carbocycles. The summed E-state index contributed by atoms with van der Waals surface area (Å²) >= 11 is 3.75. The smallest absolute Gasteiger partial charge is 0.176 e. The fourth-order valence-electron chi connectivity index (χ4n) is 3.19. The van der Waals surface area contributed by atoms with Crippen LogP contribution in [0.5, 0.6) is 11.5 Å². The summed E-state index contributed by atoms with van der Waals surface area (Å²) in [4.78, 5) is 2.52. The molecule has 4 heteroatoms. The molecule has 0 radical (unpaired) electrons. The molecule has 3 nitrogen and oxygen atoms in total. The predicted molar refractivity (Wildman–Crippen MR) is 105 cm³/mol. The van der Waals surface area contributed by atoms with Crippen LogP contribution in [0.15, 0.2) is 46.9 Å². The van der Waals surface area contributed by atoms with Gasteiger partial charge in [-0.1, -0.05) is 43.3 Å². The van der Waals surface area contributed by atoms with Crippen molar-refractivity contribution in [2.75, 3.05) is 20.2 Å². The Morgan fingerprint density at radius 2 is 1.80 bits per heavy atom. The van der Waals surface area contributed by atoms with Crippen molar-refractivity contribution in [2.24, 2.45) is 5.92 Å². The second kappa shape index (κ2) is 8.72. The van der Waals surface area contributed by atoms with Crippen molar-refractivity contribution in [3.05, 3.63) is 58.1 Å². The lowest BCUT2D eigenvalue weighted by Crippen LogP contribution is -2.32. The standard InChI is InChI=1S/C21H26BrNO2/c1-16-10-12-23(13-11-16)14-18-8-9-19(24-2)21(20(18)22)25-15-17-6-4-3-5-7-17/h3-9,16H,10-15H2,1-2H3. The first-order valence-corrected chi connectivity index (χ1v) is 9.71. The Bertz CT molecular complexity index is 682. The topological polar surface area (TPSA) is 21.7 Å². The third kappa shape index (κ3) is 4.77. The van der Waals surface area contributed by atoms with E-state index in [4.69, 9.17) is 9.47 Å². The van der Waals surface area contributed by atoms with Gasteiger partial charge in [0.1, 0.15) is 6.61 Å². The molecule has 0 bridgehead atoms. The minimum atomic E-state index is 0.528.